The van der Waals surface area contributed by atoms with Crippen molar-refractivity contribution in [2.24, 2.45) is 4.99 Å². The summed E-state index contributed by atoms with van der Waals surface area (Å²) in [4.78, 5) is 17.8. The van der Waals surface area contributed by atoms with Gasteiger partial charge in [-0.05, 0) is 55.3 Å². The highest BCUT2D eigenvalue weighted by molar-refractivity contribution is 6.30. The Morgan fingerprint density at radius 3 is 2.43 bits per heavy atom. The number of nitrogens with one attached hydrogen (secondary N) is 1. The molecule has 0 amide bonds. The van der Waals surface area contributed by atoms with Gasteiger partial charge in [0.05, 0.1) is 24.9 Å². The number of ether oxygens (including phenoxy) is 1. The van der Waals surface area contributed by atoms with Crippen LogP contribution >= 0.6 is 11.6 Å². The quantitative estimate of drug-likeness (QED) is 0.582. The van der Waals surface area contributed by atoms with Crippen LogP contribution in [0.2, 0.25) is 5.02 Å². The van der Waals surface area contributed by atoms with Crippen molar-refractivity contribution in [1.29, 1.82) is 0 Å². The topological polar surface area (TPSA) is 59.4 Å². The summed E-state index contributed by atoms with van der Waals surface area (Å²) < 4.78 is 6.77. The molecule has 0 aliphatic heterocycles. The van der Waals surface area contributed by atoms with Crippen LogP contribution in [0.5, 0.6) is 5.75 Å². The van der Waals surface area contributed by atoms with Gasteiger partial charge in [0.25, 0.3) is 5.56 Å². The summed E-state index contributed by atoms with van der Waals surface area (Å²) in [6.07, 6.45) is 1.71. The van der Waals surface area contributed by atoms with Crippen molar-refractivity contribution in [2.45, 2.75) is 33.2 Å². The van der Waals surface area contributed by atoms with Crippen molar-refractivity contribution < 1.29 is 4.74 Å². The Hall–Kier alpha value is -2.79. The molecule has 6 heteroatoms. The SMILES string of the molecule is CCCc1[nH]n(-c2ccc(OC)cc2)c(=O)c1C(C)=NCc1ccc(Cl)cc1. The molecule has 1 N–H and O–H groups in total. The van der Waals surface area contributed by atoms with E-state index in [1.165, 1.54) is 0 Å². The van der Waals surface area contributed by atoms with Crippen LogP contribution in [0.1, 0.15) is 37.1 Å². The fourth-order valence-electron chi connectivity index (χ4n) is 3.08. The molecule has 1 heterocycles. The fourth-order valence-corrected chi connectivity index (χ4v) is 3.20. The molecule has 0 unspecified atom stereocenters. The molecule has 0 aliphatic carbocycles. The van der Waals surface area contributed by atoms with Crippen molar-refractivity contribution in [3.05, 3.63) is 80.7 Å². The van der Waals surface area contributed by atoms with E-state index in [2.05, 4.69) is 17.0 Å². The predicted molar refractivity (Wildman–Crippen MR) is 114 cm³/mol. The van der Waals surface area contributed by atoms with Crippen molar-refractivity contribution >= 4 is 17.3 Å². The number of halogens is 1. The number of hydrogen-bond acceptors (Lipinski definition) is 3. The van der Waals surface area contributed by atoms with E-state index in [0.29, 0.717) is 17.1 Å². The highest BCUT2D eigenvalue weighted by Crippen LogP contribution is 2.16. The lowest BCUT2D eigenvalue weighted by Crippen LogP contribution is -2.19. The first kappa shape index (κ1) is 20.0. The third-order valence-electron chi connectivity index (χ3n) is 4.57. The molecular weight excluding hydrogens is 374 g/mol. The summed E-state index contributed by atoms with van der Waals surface area (Å²) in [6, 6.07) is 15.0. The minimum Gasteiger partial charge on any atom is -0.497 e. The number of aromatic amines is 1. The Kier molecular flexibility index (Phi) is 6.37. The molecule has 5 nitrogen and oxygen atoms in total. The number of rotatable bonds is 7. The first-order chi connectivity index (χ1) is 13.5. The Morgan fingerprint density at radius 1 is 1.14 bits per heavy atom. The number of methoxy groups -OCH3 is 1. The van der Waals surface area contributed by atoms with Gasteiger partial charge >= 0.3 is 0 Å². The number of benzene rings is 2. The van der Waals surface area contributed by atoms with E-state index in [1.54, 1.807) is 11.8 Å². The highest BCUT2D eigenvalue weighted by Gasteiger charge is 2.17. The van der Waals surface area contributed by atoms with E-state index >= 15 is 0 Å². The maximum atomic E-state index is 13.1. The Balaban J connectivity index is 1.96. The second-order valence-electron chi connectivity index (χ2n) is 6.58. The third kappa shape index (κ3) is 4.37. The normalized spacial score (nSPS) is 11.6. The van der Waals surface area contributed by atoms with Crippen LogP contribution in [0.25, 0.3) is 5.69 Å². The number of aryl methyl sites for hydroxylation is 1. The number of nitrogens with zero attached hydrogens (tertiary/aromatic N) is 2. The summed E-state index contributed by atoms with van der Waals surface area (Å²) in [5, 5.41) is 3.95. The van der Waals surface area contributed by atoms with Crippen LogP contribution in [0.15, 0.2) is 58.3 Å². The molecule has 0 bridgehead atoms. The average molecular weight is 398 g/mol. The number of aliphatic imine (C=N–C) groups is 1. The first-order valence-corrected chi connectivity index (χ1v) is 9.65. The number of aromatic nitrogens is 2. The largest absolute Gasteiger partial charge is 0.497 e. The third-order valence-corrected chi connectivity index (χ3v) is 4.82. The van der Waals surface area contributed by atoms with Gasteiger partial charge in [-0.2, -0.15) is 0 Å². The summed E-state index contributed by atoms with van der Waals surface area (Å²) >= 11 is 5.93. The molecule has 28 heavy (non-hydrogen) atoms. The number of hydrogen-bond donors (Lipinski definition) is 1. The molecule has 0 atom stereocenters. The van der Waals surface area contributed by atoms with Gasteiger partial charge in [-0.15, -0.1) is 0 Å². The fraction of sp³-hybridized carbons (Fsp3) is 0.273. The van der Waals surface area contributed by atoms with Gasteiger partial charge < -0.3 is 4.74 Å². The Morgan fingerprint density at radius 2 is 1.82 bits per heavy atom. The minimum absolute atomic E-state index is 0.0917. The van der Waals surface area contributed by atoms with Crippen LogP contribution in [-0.2, 0) is 13.0 Å². The lowest BCUT2D eigenvalue weighted by atomic mass is 10.1. The Labute approximate surface area is 169 Å². The first-order valence-electron chi connectivity index (χ1n) is 9.27. The second kappa shape index (κ2) is 8.93. The van der Waals surface area contributed by atoms with Gasteiger partial charge in [0, 0.05) is 16.4 Å². The second-order valence-corrected chi connectivity index (χ2v) is 7.02. The highest BCUT2D eigenvalue weighted by atomic mass is 35.5. The van der Waals surface area contributed by atoms with Crippen molar-refractivity contribution in [1.82, 2.24) is 9.78 Å². The summed E-state index contributed by atoms with van der Waals surface area (Å²) in [5.41, 5.74) is 4.00. The molecule has 2 aromatic carbocycles. The van der Waals surface area contributed by atoms with Gasteiger partial charge in [-0.25, -0.2) is 4.68 Å². The number of H-pyrrole nitrogens is 1. The molecule has 3 rings (SSSR count). The molecule has 0 spiro atoms. The van der Waals surface area contributed by atoms with Gasteiger partial charge in [0.2, 0.25) is 0 Å². The van der Waals surface area contributed by atoms with Gasteiger partial charge in [-0.3, -0.25) is 14.9 Å². The smallest absolute Gasteiger partial charge is 0.280 e. The van der Waals surface area contributed by atoms with E-state index in [4.69, 9.17) is 16.3 Å². The van der Waals surface area contributed by atoms with Crippen molar-refractivity contribution in [2.75, 3.05) is 7.11 Å². The van der Waals surface area contributed by atoms with Crippen LogP contribution in [-0.4, -0.2) is 22.6 Å². The zero-order valence-electron chi connectivity index (χ0n) is 16.3. The van der Waals surface area contributed by atoms with Crippen LogP contribution in [0.3, 0.4) is 0 Å². The summed E-state index contributed by atoms with van der Waals surface area (Å²) in [6.45, 7) is 4.48. The molecular formula is C22H24ClN3O2. The molecule has 0 fully saturated rings. The molecule has 0 radical (unpaired) electrons. The molecule has 0 aliphatic rings. The van der Waals surface area contributed by atoms with E-state index in [1.807, 2.05) is 55.5 Å². The van der Waals surface area contributed by atoms with E-state index in [-0.39, 0.29) is 5.56 Å². The maximum absolute atomic E-state index is 13.1. The summed E-state index contributed by atoms with van der Waals surface area (Å²) in [7, 11) is 1.62. The van der Waals surface area contributed by atoms with Gasteiger partial charge in [-0.1, -0.05) is 37.1 Å². The minimum atomic E-state index is -0.0917. The lowest BCUT2D eigenvalue weighted by molar-refractivity contribution is 0.414. The molecule has 1 aromatic heterocycles. The van der Waals surface area contributed by atoms with Gasteiger partial charge in [0.1, 0.15) is 5.75 Å². The molecule has 0 saturated heterocycles. The van der Waals surface area contributed by atoms with Gasteiger partial charge in [0.15, 0.2) is 0 Å². The lowest BCUT2D eigenvalue weighted by Gasteiger charge is -2.03. The maximum Gasteiger partial charge on any atom is 0.280 e. The van der Waals surface area contributed by atoms with Crippen molar-refractivity contribution in [3.63, 3.8) is 0 Å². The van der Waals surface area contributed by atoms with E-state index in [0.717, 1.165) is 41.2 Å². The summed E-state index contributed by atoms with van der Waals surface area (Å²) in [5.74, 6) is 0.748. The zero-order chi connectivity index (χ0) is 20.1. The molecule has 0 saturated carbocycles. The molecule has 3 aromatic rings. The van der Waals surface area contributed by atoms with Crippen molar-refractivity contribution in [3.8, 4) is 11.4 Å². The standard InChI is InChI=1S/C22H24ClN3O2/c1-4-5-20-21(15(2)24-14-16-6-8-17(23)9-7-16)22(27)26(25-20)18-10-12-19(28-3)13-11-18/h6-13,25H,4-5,14H2,1-3H3. The molecule has 146 valence electrons. The predicted octanol–water partition coefficient (Wildman–Crippen LogP) is 4.79. The van der Waals surface area contributed by atoms with E-state index in [9.17, 15) is 4.79 Å². The monoisotopic (exact) mass is 397 g/mol. The van der Waals surface area contributed by atoms with Crippen LogP contribution in [0.4, 0.5) is 0 Å². The average Bonchev–Trinajstić information content (AvgIpc) is 3.03. The Bertz CT molecular complexity index is 1020. The van der Waals surface area contributed by atoms with E-state index < -0.39 is 0 Å². The zero-order valence-corrected chi connectivity index (χ0v) is 17.1. The van der Waals surface area contributed by atoms with Crippen LogP contribution in [0, 0.1) is 0 Å². The van der Waals surface area contributed by atoms with Crippen LogP contribution < -0.4 is 10.3 Å².